The number of nitrogens with zero attached hydrogens (tertiary/aromatic N) is 1. The average Bonchev–Trinajstić information content (AvgIpc) is 2.79. The molecule has 0 fully saturated rings. The Morgan fingerprint density at radius 3 is 2.19 bits per heavy atom. The number of para-hydroxylation sites is 1. The highest BCUT2D eigenvalue weighted by Crippen LogP contribution is 2.20. The summed E-state index contributed by atoms with van der Waals surface area (Å²) in [6, 6.07) is 21.8. The summed E-state index contributed by atoms with van der Waals surface area (Å²) in [4.78, 5) is 25.7. The van der Waals surface area contributed by atoms with Crippen LogP contribution in [0.5, 0.6) is 0 Å². The molecule has 0 spiro atoms. The highest BCUT2D eigenvalue weighted by atomic mass is 32.2. The SMILES string of the molecule is C[C@@H](NC(=O)c1ccccc1NC(=O)c1cccc(S(=O)(=O)N(C)C)c1)c1ccccc1. The number of rotatable bonds is 7. The van der Waals surface area contributed by atoms with Gasteiger partial charge in [0, 0.05) is 19.7 Å². The fourth-order valence-corrected chi connectivity index (χ4v) is 4.04. The van der Waals surface area contributed by atoms with Crippen molar-refractivity contribution in [1.29, 1.82) is 0 Å². The van der Waals surface area contributed by atoms with Crippen molar-refractivity contribution in [3.05, 3.63) is 95.6 Å². The maximum Gasteiger partial charge on any atom is 0.255 e. The molecule has 0 radical (unpaired) electrons. The fraction of sp³-hybridized carbons (Fsp3) is 0.167. The zero-order valence-electron chi connectivity index (χ0n) is 18.1. The molecule has 3 aromatic carbocycles. The number of anilines is 1. The van der Waals surface area contributed by atoms with E-state index in [0.29, 0.717) is 11.3 Å². The highest BCUT2D eigenvalue weighted by Gasteiger charge is 2.20. The van der Waals surface area contributed by atoms with Crippen LogP contribution in [-0.2, 0) is 10.0 Å². The van der Waals surface area contributed by atoms with E-state index in [1.165, 1.54) is 38.4 Å². The van der Waals surface area contributed by atoms with E-state index in [1.807, 2.05) is 37.3 Å². The van der Waals surface area contributed by atoms with Gasteiger partial charge in [0.2, 0.25) is 10.0 Å². The molecule has 8 heteroatoms. The topological polar surface area (TPSA) is 95.6 Å². The summed E-state index contributed by atoms with van der Waals surface area (Å²) in [7, 11) is -0.830. The first-order valence-corrected chi connectivity index (χ1v) is 11.4. The van der Waals surface area contributed by atoms with Crippen molar-refractivity contribution in [3.63, 3.8) is 0 Å². The summed E-state index contributed by atoms with van der Waals surface area (Å²) in [6.07, 6.45) is 0. The van der Waals surface area contributed by atoms with Gasteiger partial charge in [0.25, 0.3) is 11.8 Å². The summed E-state index contributed by atoms with van der Waals surface area (Å²) in [5.41, 5.74) is 1.76. The Kier molecular flexibility index (Phi) is 7.07. The summed E-state index contributed by atoms with van der Waals surface area (Å²) in [5, 5.41) is 5.65. The molecule has 3 rings (SSSR count). The number of nitrogens with one attached hydrogen (secondary N) is 2. The highest BCUT2D eigenvalue weighted by molar-refractivity contribution is 7.89. The van der Waals surface area contributed by atoms with Crippen molar-refractivity contribution in [3.8, 4) is 0 Å². The zero-order chi connectivity index (χ0) is 23.3. The van der Waals surface area contributed by atoms with Gasteiger partial charge in [-0.05, 0) is 42.8 Å². The summed E-state index contributed by atoms with van der Waals surface area (Å²) >= 11 is 0. The van der Waals surface area contributed by atoms with Gasteiger partial charge in [-0.2, -0.15) is 0 Å². The predicted molar refractivity (Wildman–Crippen MR) is 124 cm³/mol. The van der Waals surface area contributed by atoms with Gasteiger partial charge in [0.15, 0.2) is 0 Å². The summed E-state index contributed by atoms with van der Waals surface area (Å²) in [5.74, 6) is -0.849. The molecule has 1 atom stereocenters. The Balaban J connectivity index is 1.81. The molecule has 0 heterocycles. The number of benzene rings is 3. The maximum absolute atomic E-state index is 12.9. The van der Waals surface area contributed by atoms with E-state index in [0.717, 1.165) is 9.87 Å². The average molecular weight is 452 g/mol. The Labute approximate surface area is 188 Å². The van der Waals surface area contributed by atoms with Crippen LogP contribution in [-0.4, -0.2) is 38.6 Å². The Morgan fingerprint density at radius 1 is 0.844 bits per heavy atom. The molecule has 0 saturated heterocycles. The van der Waals surface area contributed by atoms with Crippen molar-refractivity contribution < 1.29 is 18.0 Å². The van der Waals surface area contributed by atoms with Gasteiger partial charge in [-0.3, -0.25) is 9.59 Å². The van der Waals surface area contributed by atoms with Crippen molar-refractivity contribution in [2.75, 3.05) is 19.4 Å². The van der Waals surface area contributed by atoms with E-state index in [1.54, 1.807) is 24.3 Å². The van der Waals surface area contributed by atoms with Gasteiger partial charge in [-0.1, -0.05) is 48.5 Å². The molecule has 166 valence electrons. The molecule has 7 nitrogen and oxygen atoms in total. The Morgan fingerprint density at radius 2 is 1.50 bits per heavy atom. The minimum absolute atomic E-state index is 0.0119. The molecule has 0 aliphatic heterocycles. The second kappa shape index (κ2) is 9.76. The van der Waals surface area contributed by atoms with E-state index in [-0.39, 0.29) is 22.4 Å². The molecular weight excluding hydrogens is 426 g/mol. The summed E-state index contributed by atoms with van der Waals surface area (Å²) in [6.45, 7) is 1.88. The third-order valence-corrected chi connectivity index (χ3v) is 6.75. The first-order chi connectivity index (χ1) is 15.2. The summed E-state index contributed by atoms with van der Waals surface area (Å²) < 4.78 is 25.8. The fourth-order valence-electron chi connectivity index (χ4n) is 3.09. The number of carbonyl (C=O) groups excluding carboxylic acids is 2. The zero-order valence-corrected chi connectivity index (χ0v) is 18.9. The smallest absolute Gasteiger partial charge is 0.255 e. The number of amides is 2. The van der Waals surface area contributed by atoms with E-state index in [4.69, 9.17) is 0 Å². The van der Waals surface area contributed by atoms with E-state index < -0.39 is 15.9 Å². The lowest BCUT2D eigenvalue weighted by molar-refractivity contribution is 0.0940. The van der Waals surface area contributed by atoms with Gasteiger partial charge < -0.3 is 10.6 Å². The first kappa shape index (κ1) is 23.2. The Hall–Kier alpha value is -3.49. The lowest BCUT2D eigenvalue weighted by Crippen LogP contribution is -2.28. The Bertz CT molecular complexity index is 1220. The van der Waals surface area contributed by atoms with Crippen molar-refractivity contribution in [2.45, 2.75) is 17.9 Å². The van der Waals surface area contributed by atoms with Crippen molar-refractivity contribution >= 4 is 27.5 Å². The van der Waals surface area contributed by atoms with E-state index in [2.05, 4.69) is 10.6 Å². The van der Waals surface area contributed by atoms with Crippen LogP contribution in [0, 0.1) is 0 Å². The molecule has 0 bridgehead atoms. The van der Waals surface area contributed by atoms with Crippen LogP contribution in [0.4, 0.5) is 5.69 Å². The lowest BCUT2D eigenvalue weighted by atomic mass is 10.1. The first-order valence-electron chi connectivity index (χ1n) is 9.99. The van der Waals surface area contributed by atoms with E-state index >= 15 is 0 Å². The number of carbonyl (C=O) groups is 2. The van der Waals surface area contributed by atoms with Crippen LogP contribution in [0.15, 0.2) is 83.8 Å². The molecule has 0 unspecified atom stereocenters. The van der Waals surface area contributed by atoms with Crippen LogP contribution in [0.2, 0.25) is 0 Å². The minimum atomic E-state index is -3.68. The normalized spacial score (nSPS) is 12.2. The second-order valence-corrected chi connectivity index (χ2v) is 9.57. The van der Waals surface area contributed by atoms with Crippen LogP contribution in [0.25, 0.3) is 0 Å². The van der Waals surface area contributed by atoms with Gasteiger partial charge >= 0.3 is 0 Å². The maximum atomic E-state index is 12.9. The molecule has 2 amide bonds. The molecular formula is C24H25N3O4S. The lowest BCUT2D eigenvalue weighted by Gasteiger charge is -2.16. The standard InChI is InChI=1S/C24H25N3O4S/c1-17(18-10-5-4-6-11-18)25-24(29)21-14-7-8-15-22(21)26-23(28)19-12-9-13-20(16-19)32(30,31)27(2)3/h4-17H,1-3H3,(H,25,29)(H,26,28)/t17-/m1/s1. The number of hydrogen-bond donors (Lipinski definition) is 2. The largest absolute Gasteiger partial charge is 0.345 e. The van der Waals surface area contributed by atoms with Crippen LogP contribution in [0.1, 0.15) is 39.2 Å². The minimum Gasteiger partial charge on any atom is -0.345 e. The molecule has 0 aliphatic carbocycles. The third kappa shape index (κ3) is 5.22. The monoisotopic (exact) mass is 451 g/mol. The number of hydrogen-bond acceptors (Lipinski definition) is 4. The van der Waals surface area contributed by atoms with Crippen molar-refractivity contribution in [1.82, 2.24) is 9.62 Å². The quantitative estimate of drug-likeness (QED) is 0.573. The molecule has 0 aliphatic rings. The van der Waals surface area contributed by atoms with Crippen LogP contribution < -0.4 is 10.6 Å². The molecule has 32 heavy (non-hydrogen) atoms. The van der Waals surface area contributed by atoms with Crippen LogP contribution >= 0.6 is 0 Å². The van der Waals surface area contributed by atoms with Crippen LogP contribution in [0.3, 0.4) is 0 Å². The molecule has 0 aromatic heterocycles. The predicted octanol–water partition coefficient (Wildman–Crippen LogP) is 3.68. The molecule has 2 N–H and O–H groups in total. The van der Waals surface area contributed by atoms with E-state index in [9.17, 15) is 18.0 Å². The molecule has 0 saturated carbocycles. The molecule has 3 aromatic rings. The van der Waals surface area contributed by atoms with Gasteiger partial charge in [-0.15, -0.1) is 0 Å². The number of sulfonamides is 1. The van der Waals surface area contributed by atoms with Gasteiger partial charge in [-0.25, -0.2) is 12.7 Å². The van der Waals surface area contributed by atoms with Crippen molar-refractivity contribution in [2.24, 2.45) is 0 Å². The van der Waals surface area contributed by atoms with Gasteiger partial charge in [0.1, 0.15) is 0 Å². The second-order valence-electron chi connectivity index (χ2n) is 7.42. The third-order valence-electron chi connectivity index (χ3n) is 4.94. The van der Waals surface area contributed by atoms with Gasteiger partial charge in [0.05, 0.1) is 22.2 Å².